The molecule has 0 aromatic heterocycles. The minimum atomic E-state index is -6.14. The molecule has 135 valence electrons. The first kappa shape index (κ1) is 18.0. The van der Waals surface area contributed by atoms with Gasteiger partial charge in [-0.1, -0.05) is 0 Å². The van der Waals surface area contributed by atoms with Crippen molar-refractivity contribution >= 4 is 6.61 Å². The summed E-state index contributed by atoms with van der Waals surface area (Å²) in [6.07, 6.45) is -17.9. The van der Waals surface area contributed by atoms with E-state index in [9.17, 15) is 48.3 Å². The van der Waals surface area contributed by atoms with E-state index < -0.39 is 42.4 Å². The number of alkyl halides is 11. The molecule has 1 aliphatic heterocycles. The van der Waals surface area contributed by atoms with Crippen molar-refractivity contribution < 1.29 is 57.8 Å². The van der Waals surface area contributed by atoms with Crippen LogP contribution in [0.4, 0.5) is 48.3 Å². The van der Waals surface area contributed by atoms with Crippen LogP contribution < -0.4 is 0 Å². The molecule has 1 fully saturated rings. The van der Waals surface area contributed by atoms with Crippen LogP contribution in [-0.4, -0.2) is 49.5 Å². The molecule has 0 aromatic rings. The Morgan fingerprint density at radius 3 is 1.55 bits per heavy atom. The van der Waals surface area contributed by atoms with Gasteiger partial charge in [-0.2, -0.15) is 0 Å². The third-order valence-electron chi connectivity index (χ3n) is 1.92. The quantitative estimate of drug-likeness (QED) is 0.364. The van der Waals surface area contributed by atoms with Gasteiger partial charge in [-0.05, 0) is 0 Å². The summed E-state index contributed by atoms with van der Waals surface area (Å²) in [5.41, 5.74) is 0. The summed E-state index contributed by atoms with van der Waals surface area (Å²) in [6.45, 7) is -2.37. The first-order chi connectivity index (χ1) is 9.50. The summed E-state index contributed by atoms with van der Waals surface area (Å²) >= 11 is 0. The molecule has 1 aliphatic rings. The Bertz CT molecular complexity index is 448. The normalized spacial score (nSPS) is 27.4. The molecule has 0 N–H and O–H groups in total. The Kier molecular flexibility index (Phi) is 3.68. The predicted molar refractivity (Wildman–Crippen MR) is 40.8 cm³/mol. The molecule has 0 aliphatic carbocycles. The van der Waals surface area contributed by atoms with E-state index in [4.69, 9.17) is 0 Å². The molecule has 0 amide bonds. The van der Waals surface area contributed by atoms with Crippen LogP contribution in [0, 0.1) is 0 Å². The molecule has 1 rings (SSSR count). The molecule has 0 saturated carbocycles. The standard InChI is InChI=1S/C4F8NO.C3H3F3O.Cf/c5-1(6)3(9,10)14-4(11,12)2(7,8)13-1;1-7-2-3(4,5)6;/h;1H3;/q-1;;+1. The van der Waals surface area contributed by atoms with E-state index in [0.717, 1.165) is 0 Å². The molecule has 15 heteroatoms. The summed E-state index contributed by atoms with van der Waals surface area (Å²) in [5, 5.41) is -2.18. The average molecular weight is 593 g/mol. The van der Waals surface area contributed by atoms with Crippen LogP contribution in [0.1, 0.15) is 0 Å². The van der Waals surface area contributed by atoms with E-state index in [-0.39, 0.29) is 7.11 Å². The van der Waals surface area contributed by atoms with Gasteiger partial charge in [0, 0.05) is 0 Å². The summed E-state index contributed by atoms with van der Waals surface area (Å²) < 4.78 is 142. The zero-order chi connectivity index (χ0) is 17.8. The molecule has 0 spiro atoms. The third-order valence-corrected chi connectivity index (χ3v) is 5.81. The number of ether oxygens (including phenoxy) is 2. The fraction of sp³-hybridized carbons (Fsp3) is 0.857. The van der Waals surface area contributed by atoms with E-state index in [2.05, 4.69) is 9.47 Å². The second-order valence-corrected chi connectivity index (χ2v) is 6.45. The maximum absolute atomic E-state index is 13.2. The Labute approximate surface area is 109 Å². The van der Waals surface area contributed by atoms with Gasteiger partial charge in [-0.15, -0.1) is 0 Å². The molecular weight excluding hydrogens is 590 g/mol. The summed E-state index contributed by atoms with van der Waals surface area (Å²) in [5.74, 6) is 0. The first-order valence-electron chi connectivity index (χ1n) is 4.60. The van der Waals surface area contributed by atoms with E-state index in [1.54, 1.807) is 0 Å². The number of halogens is 11. The molecule has 0 radical (unpaired) electrons. The first-order valence-corrected chi connectivity index (χ1v) is 7.09. The van der Waals surface area contributed by atoms with Crippen LogP contribution in [0.5, 0.6) is 0 Å². The molecule has 22 heavy (non-hydrogen) atoms. The SMILES string of the molecule is CO/[C](=[Cf]\[N]1C(F)(F)C(F)(F)OC(F)(F)C1(F)F)C(F)(F)F. The second-order valence-electron chi connectivity index (χ2n) is 3.49. The van der Waals surface area contributed by atoms with E-state index >= 15 is 0 Å². The number of methoxy groups -OCH3 is 1. The van der Waals surface area contributed by atoms with Crippen LogP contribution in [0.15, 0.2) is 0 Å². The van der Waals surface area contributed by atoms with Gasteiger partial charge in [0.05, 0.1) is 0 Å². The van der Waals surface area contributed by atoms with Crippen LogP contribution in [0.25, 0.3) is 0 Å². The molecule has 0 atom stereocenters. The monoisotopic (exact) mass is 591 g/mol. The van der Waals surface area contributed by atoms with E-state index in [1.807, 2.05) is 0 Å². The fourth-order valence-corrected chi connectivity index (χ4v) is 3.54. The van der Waals surface area contributed by atoms with Gasteiger partial charge in [0.25, 0.3) is 0 Å². The van der Waals surface area contributed by atoms with Crippen molar-refractivity contribution in [3.8, 4) is 0 Å². The van der Waals surface area contributed by atoms with Gasteiger partial charge in [-0.3, -0.25) is 0 Å². The Balaban J connectivity index is 3.54. The number of nitrogens with zero attached hydrogens (tertiary/aromatic N) is 1. The average Bonchev–Trinajstić information content (AvgIpc) is 2.23. The molecule has 1 saturated heterocycles. The van der Waals surface area contributed by atoms with Crippen LogP contribution in [-0.2, 0) is 9.47 Å². The van der Waals surface area contributed by atoms with Gasteiger partial charge in [0.2, 0.25) is 0 Å². The van der Waals surface area contributed by atoms with Gasteiger partial charge >= 0.3 is 107 Å². The van der Waals surface area contributed by atoms with Crippen LogP contribution in [0.3, 0.4) is 0 Å². The van der Waals surface area contributed by atoms with Crippen molar-refractivity contribution in [2.24, 2.45) is 0 Å². The van der Waals surface area contributed by atoms with Gasteiger partial charge in [0.15, 0.2) is 0 Å². The van der Waals surface area contributed by atoms with E-state index in [1.165, 1.54) is 0 Å². The second kappa shape index (κ2) is 4.49. The summed E-state index contributed by atoms with van der Waals surface area (Å²) in [6, 6.07) is -12.2. The molecule has 1 heterocycles. The van der Waals surface area contributed by atoms with Crippen molar-refractivity contribution in [3.05, 3.63) is 0 Å². The van der Waals surface area contributed by atoms with Crippen molar-refractivity contribution in [3.63, 3.8) is 0 Å². The number of rotatable bonds is 2. The molecule has 3 nitrogen and oxygen atoms in total. The molecule has 0 bridgehead atoms. The molecule has 0 aromatic carbocycles. The molecular formula is C7H3CfF11NO2. The van der Waals surface area contributed by atoms with Gasteiger partial charge < -0.3 is 0 Å². The Morgan fingerprint density at radius 2 is 1.27 bits per heavy atom. The molecule has 0 unspecified atom stereocenters. The van der Waals surface area contributed by atoms with Crippen LogP contribution >= 0.6 is 0 Å². The van der Waals surface area contributed by atoms with Crippen molar-refractivity contribution in [2.45, 2.75) is 30.5 Å². The Morgan fingerprint density at radius 1 is 0.909 bits per heavy atom. The summed E-state index contributed by atoms with van der Waals surface area (Å²) in [7, 11) is 0.241. The summed E-state index contributed by atoms with van der Waals surface area (Å²) in [4.78, 5) is 0. The number of morpholine rings is 1. The van der Waals surface area contributed by atoms with Gasteiger partial charge in [-0.25, -0.2) is 0 Å². The number of hydrogen-bond acceptors (Lipinski definition) is 3. The third kappa shape index (κ3) is 2.45. The minimum absolute atomic E-state index is 0.241. The predicted octanol–water partition coefficient (Wildman–Crippen LogP) is 3.03. The number of hydrogen-bond donors (Lipinski definition) is 0. The topological polar surface area (TPSA) is 21.7 Å². The zero-order valence-electron chi connectivity index (χ0n) is 9.74. The fourth-order valence-electron chi connectivity index (χ4n) is 1.01. The van der Waals surface area contributed by atoms with E-state index in [0.29, 0.717) is 0 Å². The van der Waals surface area contributed by atoms with Gasteiger partial charge in [0.1, 0.15) is 0 Å². The zero-order valence-corrected chi connectivity index (χ0v) is 12.4. The van der Waals surface area contributed by atoms with Crippen molar-refractivity contribution in [2.75, 3.05) is 7.11 Å². The van der Waals surface area contributed by atoms with Crippen LogP contribution in [0.2, 0.25) is 0 Å². The van der Waals surface area contributed by atoms with Crippen molar-refractivity contribution in [1.29, 1.82) is 0 Å². The maximum atomic E-state index is 13.2. The van der Waals surface area contributed by atoms with Crippen molar-refractivity contribution in [1.82, 2.24) is 5.32 Å². The Hall–Kier alpha value is -2.02.